The quantitative estimate of drug-likeness (QED) is 0.0252. The van der Waals surface area contributed by atoms with E-state index < -0.39 is 187 Å². The number of nitrogens with zero attached hydrogens (tertiary/aromatic N) is 1. The van der Waals surface area contributed by atoms with Gasteiger partial charge in [-0.2, -0.15) is 0 Å². The Balaban J connectivity index is 1.79. The van der Waals surface area contributed by atoms with Crippen LogP contribution >= 0.6 is 0 Å². The smallest absolute Gasteiger partial charge is 0.326 e. The number of nitrogens with one attached hydrogen (secondary N) is 12. The van der Waals surface area contributed by atoms with E-state index in [9.17, 15) is 82.4 Å². The Morgan fingerprint density at radius 2 is 1.10 bits per heavy atom. The van der Waals surface area contributed by atoms with Gasteiger partial charge >= 0.3 is 5.97 Å². The van der Waals surface area contributed by atoms with Crippen LogP contribution in [0.15, 0.2) is 43.0 Å². The molecule has 496 valence electrons. The first-order valence-corrected chi connectivity index (χ1v) is 29.0. The van der Waals surface area contributed by atoms with E-state index in [1.807, 2.05) is 0 Å². The molecule has 3 aromatic rings. The Kier molecular flexibility index (Phi) is 29.9. The van der Waals surface area contributed by atoms with Crippen LogP contribution in [0.25, 0.3) is 10.9 Å². The number of carbonyl (C=O) groups excluding carboxylic acids is 13. The molecule has 0 radical (unpaired) electrons. The number of para-hydroxylation sites is 1. The summed E-state index contributed by atoms with van der Waals surface area (Å²) in [5, 5.41) is 55.2. The molecule has 0 bridgehead atoms. The number of aromatic amines is 2. The van der Waals surface area contributed by atoms with Crippen LogP contribution in [0.2, 0.25) is 0 Å². The van der Waals surface area contributed by atoms with Crippen molar-refractivity contribution in [3.8, 4) is 0 Å². The maximum absolute atomic E-state index is 14.3. The average Bonchev–Trinajstić information content (AvgIpc) is 2.24. The van der Waals surface area contributed by atoms with Crippen LogP contribution < -0.4 is 76.1 Å². The number of benzene rings is 1. The highest BCUT2D eigenvalue weighted by molar-refractivity contribution is 6.00. The number of carboxylic acids is 1. The van der Waals surface area contributed by atoms with E-state index in [2.05, 4.69) is 73.9 Å². The molecule has 0 aliphatic carbocycles. The summed E-state index contributed by atoms with van der Waals surface area (Å²) >= 11 is 0. The number of aliphatic hydroxyl groups is 2. The second kappa shape index (κ2) is 36.0. The van der Waals surface area contributed by atoms with Gasteiger partial charge in [0.1, 0.15) is 54.4 Å². The van der Waals surface area contributed by atoms with Crippen LogP contribution in [0.4, 0.5) is 0 Å². The molecule has 3 rings (SSSR count). The SMILES string of the molecule is CC[C@H](C)[C@H](NC(=O)[C@H](CC(C)C)NC(=O)[C@@H]([NH3+])CCC(N)=O)C(=O)N[C@@H](CC(N)=O)C(=O)N[C@H](C(=O)N[C@@H](CC(N)=O)C(=O)NCC(=O)N[C@@H](CO)C(=O)N[C@@H](Cc1c[nH]c2ccccc12)C(=O)N[C@@H](Cc1cnc[nH]1)C(=O)N[C@H](C(=O)O)C(C)C)[C@@H](C)O. The number of aliphatic hydroxyl groups excluding tert-OH is 2. The van der Waals surface area contributed by atoms with Gasteiger partial charge in [-0.3, -0.25) is 62.3 Å². The number of amides is 13. The molecule has 0 saturated carbocycles. The Morgan fingerprint density at radius 3 is 1.63 bits per heavy atom. The van der Waals surface area contributed by atoms with Gasteiger partial charge in [-0.25, -0.2) is 9.78 Å². The van der Waals surface area contributed by atoms with Gasteiger partial charge in [0.25, 0.3) is 5.91 Å². The van der Waals surface area contributed by atoms with Gasteiger partial charge in [-0.15, -0.1) is 0 Å². The molecule has 1 aromatic carbocycles. The van der Waals surface area contributed by atoms with Gasteiger partial charge in [0.2, 0.25) is 70.9 Å². The van der Waals surface area contributed by atoms with Crippen LogP contribution in [-0.4, -0.2) is 193 Å². The molecule has 2 aromatic heterocycles. The van der Waals surface area contributed by atoms with Crippen molar-refractivity contribution in [3.05, 3.63) is 54.2 Å². The van der Waals surface area contributed by atoms with E-state index in [0.29, 0.717) is 22.2 Å². The van der Waals surface area contributed by atoms with Crippen LogP contribution in [0.5, 0.6) is 0 Å². The van der Waals surface area contributed by atoms with Gasteiger partial charge in [-0.05, 0) is 42.7 Å². The molecule has 0 aliphatic rings. The number of quaternary nitrogens is 1. The molecule has 90 heavy (non-hydrogen) atoms. The Labute approximate surface area is 517 Å². The number of nitrogens with two attached hydrogens (primary N) is 3. The third kappa shape index (κ3) is 24.2. The zero-order valence-corrected chi connectivity index (χ0v) is 51.1. The van der Waals surface area contributed by atoms with Crippen molar-refractivity contribution in [3.63, 3.8) is 0 Å². The van der Waals surface area contributed by atoms with Crippen LogP contribution in [0.3, 0.4) is 0 Å². The van der Waals surface area contributed by atoms with Crippen LogP contribution in [0, 0.1) is 17.8 Å². The molecule has 13 amide bonds. The number of hydrogen-bond donors (Lipinski definition) is 19. The lowest BCUT2D eigenvalue weighted by Gasteiger charge is -2.29. The molecule has 0 saturated heterocycles. The normalized spacial score (nSPS) is 15.2. The van der Waals surface area contributed by atoms with E-state index in [1.165, 1.54) is 12.5 Å². The number of aromatic nitrogens is 3. The first-order chi connectivity index (χ1) is 42.3. The van der Waals surface area contributed by atoms with E-state index in [-0.39, 0.29) is 44.4 Å². The second-order valence-corrected chi connectivity index (χ2v) is 22.5. The summed E-state index contributed by atoms with van der Waals surface area (Å²) in [5.74, 6) is -16.2. The number of carbonyl (C=O) groups is 14. The highest BCUT2D eigenvalue weighted by atomic mass is 16.4. The minimum Gasteiger partial charge on any atom is -0.480 e. The molecule has 2 heterocycles. The van der Waals surface area contributed by atoms with Crippen molar-refractivity contribution in [1.29, 1.82) is 0 Å². The van der Waals surface area contributed by atoms with Crippen LogP contribution in [-0.2, 0) is 80.0 Å². The number of primary amides is 3. The predicted octanol–water partition coefficient (Wildman–Crippen LogP) is -7.01. The Morgan fingerprint density at radius 1 is 0.589 bits per heavy atom. The highest BCUT2D eigenvalue weighted by Crippen LogP contribution is 2.20. The lowest BCUT2D eigenvalue weighted by molar-refractivity contribution is -0.405. The molecule has 12 atom stereocenters. The molecule has 0 spiro atoms. The van der Waals surface area contributed by atoms with Crippen molar-refractivity contribution < 1.29 is 88.2 Å². The predicted molar refractivity (Wildman–Crippen MR) is 318 cm³/mol. The lowest BCUT2D eigenvalue weighted by Crippen LogP contribution is -2.69. The minimum atomic E-state index is -2.01. The summed E-state index contributed by atoms with van der Waals surface area (Å²) in [4.78, 5) is 195. The molecule has 0 unspecified atom stereocenters. The number of imidazole rings is 1. The number of hydrogen-bond acceptors (Lipinski definition) is 17. The monoisotopic (exact) mass is 1270 g/mol. The molecule has 0 fully saturated rings. The van der Waals surface area contributed by atoms with E-state index in [1.54, 1.807) is 72.0 Å². The number of fused-ring (bicyclic) bond motifs is 1. The Bertz CT molecular complexity index is 3030. The van der Waals surface area contributed by atoms with Gasteiger partial charge in [0, 0.05) is 54.7 Å². The zero-order valence-electron chi connectivity index (χ0n) is 51.1. The van der Waals surface area contributed by atoms with Crippen molar-refractivity contribution in [1.82, 2.24) is 68.1 Å². The summed E-state index contributed by atoms with van der Waals surface area (Å²) in [5.41, 5.74) is 21.3. The van der Waals surface area contributed by atoms with Crippen molar-refractivity contribution in [2.45, 2.75) is 166 Å². The van der Waals surface area contributed by atoms with Gasteiger partial charge in [0.15, 0.2) is 6.04 Å². The van der Waals surface area contributed by atoms with Gasteiger partial charge in [0.05, 0.1) is 38.4 Å². The topological polar surface area (TPSA) is 570 Å². The summed E-state index contributed by atoms with van der Waals surface area (Å²) < 4.78 is 0. The molecule has 34 nitrogen and oxygen atoms in total. The number of aliphatic carboxylic acids is 1. The molecular formula is C56H86N17O17+. The standard InChI is InChI=1S/C56H85N17O17/c1-8-27(6)45(72-50(83)34(15-25(2)3)66-47(80)32(57)13-14-40(58)76)54(87)70-38(19-42(60)78)52(85)73-46(28(7)75)55(88)69-37(18-41(59)77)48(81)63-22-43(79)65-39(23-74)53(86)67-35(16-29-20-62-33-12-10-9-11-31(29)33)49(82)68-36(17-30-21-61-24-64-30)51(84)71-44(26(4)5)56(89)90/h9-12,20-21,24-28,32,34-39,44-46,62,74-75H,8,13-19,22-23,57H2,1-7H3,(H2,58,76)(H2,59,77)(H2,60,78)(H,61,64)(H,63,81)(H,65,79)(H,66,80)(H,67,86)(H,68,82)(H,69,88)(H,70,87)(H,71,84)(H,72,83)(H,73,85)(H,89,90)/p+1/t27-,28+,32-,34-,35-,36-,37-,38-,39-,44-,45-,46-/m0/s1. The molecule has 0 aliphatic heterocycles. The number of carboxylic acid groups (broad SMARTS) is 1. The van der Waals surface area contributed by atoms with Gasteiger partial charge < -0.3 is 101 Å². The summed E-state index contributed by atoms with van der Waals surface area (Å²) in [6.07, 6.45) is 0.367. The summed E-state index contributed by atoms with van der Waals surface area (Å²) in [6.45, 7) is 8.88. The van der Waals surface area contributed by atoms with E-state index in [0.717, 1.165) is 6.92 Å². The van der Waals surface area contributed by atoms with Gasteiger partial charge in [-0.1, -0.05) is 66.2 Å². The van der Waals surface area contributed by atoms with Crippen molar-refractivity contribution >= 4 is 93.7 Å². The second-order valence-electron chi connectivity index (χ2n) is 22.5. The fraction of sp³-hybridized carbons (Fsp3) is 0.554. The summed E-state index contributed by atoms with van der Waals surface area (Å²) in [6, 6.07) is -8.62. The first-order valence-electron chi connectivity index (χ1n) is 29.0. The number of H-pyrrole nitrogens is 2. The fourth-order valence-corrected chi connectivity index (χ4v) is 9.00. The zero-order chi connectivity index (χ0) is 67.7. The third-order valence-corrected chi connectivity index (χ3v) is 14.2. The van der Waals surface area contributed by atoms with Crippen molar-refractivity contribution in [2.75, 3.05) is 13.2 Å². The molecule has 24 N–H and O–H groups in total. The first kappa shape index (κ1) is 74.7. The average molecular weight is 1270 g/mol. The maximum Gasteiger partial charge on any atom is 0.326 e. The molecule has 34 heteroatoms. The van der Waals surface area contributed by atoms with E-state index in [4.69, 9.17) is 17.2 Å². The molecular weight excluding hydrogens is 1180 g/mol. The Hall–Kier alpha value is -9.57. The summed E-state index contributed by atoms with van der Waals surface area (Å²) in [7, 11) is 0. The van der Waals surface area contributed by atoms with E-state index >= 15 is 0 Å². The minimum absolute atomic E-state index is 0.00879. The largest absolute Gasteiger partial charge is 0.480 e. The van der Waals surface area contributed by atoms with Crippen LogP contribution in [0.1, 0.15) is 98.2 Å². The lowest BCUT2D eigenvalue weighted by atomic mass is 9.96. The van der Waals surface area contributed by atoms with Crippen molar-refractivity contribution in [2.24, 2.45) is 35.0 Å². The third-order valence-electron chi connectivity index (χ3n) is 14.2. The number of rotatable bonds is 39. The highest BCUT2D eigenvalue weighted by Gasteiger charge is 2.38. The maximum atomic E-state index is 14.3. The fourth-order valence-electron chi connectivity index (χ4n) is 9.00.